The Balaban J connectivity index is 2.38. The first-order valence-electron chi connectivity index (χ1n) is 7.72. The predicted octanol–water partition coefficient (Wildman–Crippen LogP) is 3.86. The number of hydrogen-bond acceptors (Lipinski definition) is 3. The summed E-state index contributed by atoms with van der Waals surface area (Å²) in [7, 11) is -3.64. The van der Waals surface area contributed by atoms with Crippen molar-refractivity contribution in [2.75, 3.05) is 15.9 Å². The number of halogens is 1. The van der Waals surface area contributed by atoms with Crippen LogP contribution in [0.5, 0.6) is 0 Å². The second-order valence-electron chi connectivity index (χ2n) is 6.05. The average Bonchev–Trinajstić information content (AvgIpc) is 2.47. The van der Waals surface area contributed by atoms with E-state index in [1.54, 1.807) is 37.3 Å². The van der Waals surface area contributed by atoms with Gasteiger partial charge in [-0.25, -0.2) is 8.42 Å². The maximum atomic E-state index is 12.7. The summed E-state index contributed by atoms with van der Waals surface area (Å²) in [5, 5.41) is 2.77. The highest BCUT2D eigenvalue weighted by Crippen LogP contribution is 2.26. The molecule has 0 saturated carbocycles. The van der Waals surface area contributed by atoms with Crippen molar-refractivity contribution in [3.05, 3.63) is 58.1 Å². The molecule has 0 radical (unpaired) electrons. The smallest absolute Gasteiger partial charge is 0.248 e. The molecule has 2 rings (SSSR count). The van der Waals surface area contributed by atoms with Gasteiger partial charge in [-0.3, -0.25) is 9.10 Å². The van der Waals surface area contributed by atoms with Gasteiger partial charge in [-0.2, -0.15) is 0 Å². The molecule has 0 fully saturated rings. The lowest BCUT2D eigenvalue weighted by Crippen LogP contribution is -2.45. The summed E-state index contributed by atoms with van der Waals surface area (Å²) >= 11 is 3.37. The van der Waals surface area contributed by atoms with Gasteiger partial charge in [0.1, 0.15) is 6.04 Å². The molecule has 7 heteroatoms. The molecule has 1 N–H and O–H groups in total. The first-order chi connectivity index (χ1) is 11.6. The van der Waals surface area contributed by atoms with Crippen LogP contribution in [0.15, 0.2) is 46.9 Å². The van der Waals surface area contributed by atoms with Gasteiger partial charge in [0.2, 0.25) is 15.9 Å². The average molecular weight is 425 g/mol. The number of hydrogen-bond donors (Lipinski definition) is 1. The van der Waals surface area contributed by atoms with Gasteiger partial charge in [0, 0.05) is 4.47 Å². The zero-order valence-corrected chi connectivity index (χ0v) is 17.0. The second-order valence-corrected chi connectivity index (χ2v) is 8.76. The number of rotatable bonds is 5. The monoisotopic (exact) mass is 424 g/mol. The fourth-order valence-corrected chi connectivity index (χ4v) is 4.23. The highest BCUT2D eigenvalue weighted by Gasteiger charge is 2.29. The number of sulfonamides is 1. The van der Waals surface area contributed by atoms with E-state index in [2.05, 4.69) is 21.2 Å². The van der Waals surface area contributed by atoms with Crippen molar-refractivity contribution in [2.45, 2.75) is 26.8 Å². The molecule has 0 bridgehead atoms. The summed E-state index contributed by atoms with van der Waals surface area (Å²) in [5.41, 5.74) is 2.94. The van der Waals surface area contributed by atoms with E-state index in [-0.39, 0.29) is 0 Å². The van der Waals surface area contributed by atoms with Crippen molar-refractivity contribution >= 4 is 43.2 Å². The maximum absolute atomic E-state index is 12.7. The molecule has 0 spiro atoms. The number of amides is 1. The maximum Gasteiger partial charge on any atom is 0.248 e. The molecule has 0 aromatic heterocycles. The number of aryl methyl sites for hydroxylation is 2. The number of nitrogens with zero attached hydrogens (tertiary/aromatic N) is 1. The van der Waals surface area contributed by atoms with E-state index in [9.17, 15) is 13.2 Å². The topological polar surface area (TPSA) is 66.5 Å². The van der Waals surface area contributed by atoms with Crippen LogP contribution in [0.3, 0.4) is 0 Å². The Morgan fingerprint density at radius 3 is 2.20 bits per heavy atom. The molecule has 2 aromatic carbocycles. The van der Waals surface area contributed by atoms with Gasteiger partial charge in [0.15, 0.2) is 0 Å². The number of para-hydroxylation sites is 1. The van der Waals surface area contributed by atoms with Crippen molar-refractivity contribution < 1.29 is 13.2 Å². The molecule has 0 aliphatic heterocycles. The normalized spacial score (nSPS) is 12.5. The molecule has 1 atom stereocenters. The highest BCUT2D eigenvalue weighted by molar-refractivity contribution is 9.10. The molecule has 0 aliphatic carbocycles. The second kappa shape index (κ2) is 7.58. The molecule has 0 aliphatic rings. The molecule has 1 amide bonds. The third kappa shape index (κ3) is 4.83. The van der Waals surface area contributed by atoms with Crippen LogP contribution in [0, 0.1) is 13.8 Å². The van der Waals surface area contributed by atoms with Gasteiger partial charge in [-0.15, -0.1) is 0 Å². The predicted molar refractivity (Wildman–Crippen MR) is 105 cm³/mol. The largest absolute Gasteiger partial charge is 0.323 e. The summed E-state index contributed by atoms with van der Waals surface area (Å²) in [5.74, 6) is -0.406. The number of carbonyl (C=O) groups is 1. The lowest BCUT2D eigenvalue weighted by Gasteiger charge is -2.29. The van der Waals surface area contributed by atoms with Gasteiger partial charge in [-0.05, 0) is 72.1 Å². The van der Waals surface area contributed by atoms with Crippen molar-refractivity contribution in [3.8, 4) is 0 Å². The van der Waals surface area contributed by atoms with Gasteiger partial charge in [0.05, 0.1) is 17.6 Å². The standard InChI is InChI=1S/C18H21BrN2O3S/c1-12-9-13(2)11-15(10-12)21(25(4,23)24)14(3)18(22)20-17-8-6-5-7-16(17)19/h5-11,14H,1-4H3,(H,20,22)/t14-/m1/s1. The van der Waals surface area contributed by atoms with Gasteiger partial charge in [0.25, 0.3) is 0 Å². The number of anilines is 2. The van der Waals surface area contributed by atoms with E-state index in [1.165, 1.54) is 0 Å². The zero-order chi connectivity index (χ0) is 18.8. The molecule has 5 nitrogen and oxygen atoms in total. The minimum absolute atomic E-state index is 0.406. The van der Waals surface area contributed by atoms with Crippen LogP contribution in [-0.4, -0.2) is 26.6 Å². The van der Waals surface area contributed by atoms with Gasteiger partial charge >= 0.3 is 0 Å². The third-order valence-corrected chi connectivity index (χ3v) is 5.61. The van der Waals surface area contributed by atoms with E-state index in [4.69, 9.17) is 0 Å². The Labute approximate surface area is 157 Å². The van der Waals surface area contributed by atoms with Crippen LogP contribution < -0.4 is 9.62 Å². The molecule has 0 unspecified atom stereocenters. The van der Waals surface area contributed by atoms with Crippen LogP contribution in [0.4, 0.5) is 11.4 Å². The zero-order valence-electron chi connectivity index (χ0n) is 14.6. The summed E-state index contributed by atoms with van der Waals surface area (Å²) in [6.45, 7) is 5.36. The lowest BCUT2D eigenvalue weighted by atomic mass is 10.1. The Kier molecular flexibility index (Phi) is 5.90. The number of benzene rings is 2. The van der Waals surface area contributed by atoms with Crippen LogP contribution in [-0.2, 0) is 14.8 Å². The molecular formula is C18H21BrN2O3S. The van der Waals surface area contributed by atoms with Crippen molar-refractivity contribution in [1.82, 2.24) is 0 Å². The van der Waals surface area contributed by atoms with Gasteiger partial charge < -0.3 is 5.32 Å². The fourth-order valence-electron chi connectivity index (χ4n) is 2.69. The Morgan fingerprint density at radius 2 is 1.68 bits per heavy atom. The van der Waals surface area contributed by atoms with Gasteiger partial charge in [-0.1, -0.05) is 18.2 Å². The molecular weight excluding hydrogens is 404 g/mol. The summed E-state index contributed by atoms with van der Waals surface area (Å²) < 4.78 is 26.6. The SMILES string of the molecule is Cc1cc(C)cc(N([C@H](C)C(=O)Nc2ccccc2Br)S(C)(=O)=O)c1. The van der Waals surface area contributed by atoms with Crippen molar-refractivity contribution in [1.29, 1.82) is 0 Å². The summed E-state index contributed by atoms with van der Waals surface area (Å²) in [6.07, 6.45) is 1.10. The van der Waals surface area contributed by atoms with Crippen LogP contribution in [0.2, 0.25) is 0 Å². The number of nitrogens with one attached hydrogen (secondary N) is 1. The van der Waals surface area contributed by atoms with E-state index in [0.29, 0.717) is 11.4 Å². The Hall–Kier alpha value is -1.86. The lowest BCUT2D eigenvalue weighted by molar-refractivity contribution is -0.116. The fraction of sp³-hybridized carbons (Fsp3) is 0.278. The molecule has 134 valence electrons. The quantitative estimate of drug-likeness (QED) is 0.791. The number of carbonyl (C=O) groups excluding carboxylic acids is 1. The summed E-state index contributed by atoms with van der Waals surface area (Å²) in [6, 6.07) is 11.8. The minimum Gasteiger partial charge on any atom is -0.323 e. The van der Waals surface area contributed by atoms with Crippen LogP contribution >= 0.6 is 15.9 Å². The summed E-state index contributed by atoms with van der Waals surface area (Å²) in [4.78, 5) is 12.7. The van der Waals surface area contributed by atoms with Crippen molar-refractivity contribution in [3.63, 3.8) is 0 Å². The molecule has 25 heavy (non-hydrogen) atoms. The van der Waals surface area contributed by atoms with E-state index in [0.717, 1.165) is 26.2 Å². The molecule has 0 heterocycles. The van der Waals surface area contributed by atoms with Crippen LogP contribution in [0.1, 0.15) is 18.1 Å². The Morgan fingerprint density at radius 1 is 1.12 bits per heavy atom. The van der Waals surface area contributed by atoms with E-state index < -0.39 is 22.0 Å². The molecule has 0 saturated heterocycles. The third-order valence-electron chi connectivity index (χ3n) is 3.68. The molecule has 2 aromatic rings. The van der Waals surface area contributed by atoms with E-state index >= 15 is 0 Å². The Bertz CT molecular complexity index is 877. The van der Waals surface area contributed by atoms with E-state index in [1.807, 2.05) is 26.0 Å². The first-order valence-corrected chi connectivity index (χ1v) is 10.4. The van der Waals surface area contributed by atoms with Crippen LogP contribution in [0.25, 0.3) is 0 Å². The van der Waals surface area contributed by atoms with Crippen molar-refractivity contribution in [2.24, 2.45) is 0 Å². The minimum atomic E-state index is -3.64. The first kappa shape index (κ1) is 19.5. The highest BCUT2D eigenvalue weighted by atomic mass is 79.9.